The van der Waals surface area contributed by atoms with Crippen molar-refractivity contribution in [1.82, 2.24) is 0 Å². The molecule has 0 saturated carbocycles. The molecule has 51 heavy (non-hydrogen) atoms. The monoisotopic (exact) mass is 714 g/mol. The SMILES string of the molecule is CCCCCCCCC=CC(C)=O.CCCCCCCCCCCC#N.CCCCCCCCCCCC=O.CCOC(C)Oc1ccccc1. The number of allylic oxidation sites excluding steroid dienone is 2. The standard InChI is InChI=1S/C12H23N.C12H22O.C12H24O.C10H14O2/c1-2-3-4-5-6-7-8-9-10-11-12-13;1-3-4-5-6-7-8-9-10-11-12(2)13;1-2-3-4-5-6-7-8-9-10-11-12-13;1-3-11-9(2)12-10-7-5-4-6-8-10/h2-11H2,1H3;10-11H,3-9H2,1-2H3;12H,2-11H2,1H3;4-9H,3H2,1-2H3. The maximum atomic E-state index is 10.5. The molecule has 1 unspecified atom stereocenters. The average Bonchev–Trinajstić information content (AvgIpc) is 3.13. The highest BCUT2D eigenvalue weighted by atomic mass is 16.7. The van der Waals surface area contributed by atoms with Crippen LogP contribution in [-0.2, 0) is 14.3 Å². The number of para-hydroxylation sites is 1. The molecule has 0 amide bonds. The first-order chi connectivity index (χ1) is 24.9. The zero-order valence-corrected chi connectivity index (χ0v) is 34.6. The van der Waals surface area contributed by atoms with Crippen LogP contribution in [0.15, 0.2) is 42.5 Å². The van der Waals surface area contributed by atoms with E-state index < -0.39 is 0 Å². The molecule has 0 aromatic heterocycles. The molecule has 1 aromatic carbocycles. The first-order valence-electron chi connectivity index (χ1n) is 21.2. The molecule has 0 saturated heterocycles. The third-order valence-electron chi connectivity index (χ3n) is 8.34. The summed E-state index contributed by atoms with van der Waals surface area (Å²) in [7, 11) is 0. The van der Waals surface area contributed by atoms with Crippen molar-refractivity contribution in [3.63, 3.8) is 0 Å². The minimum absolute atomic E-state index is 0.158. The molecule has 0 fully saturated rings. The molecule has 1 aromatic rings. The van der Waals surface area contributed by atoms with E-state index in [1.54, 1.807) is 13.0 Å². The van der Waals surface area contributed by atoms with Crippen molar-refractivity contribution in [3.8, 4) is 11.8 Å². The third-order valence-corrected chi connectivity index (χ3v) is 8.34. The van der Waals surface area contributed by atoms with E-state index in [1.807, 2.05) is 50.3 Å². The van der Waals surface area contributed by atoms with Crippen molar-refractivity contribution in [1.29, 1.82) is 5.26 Å². The van der Waals surface area contributed by atoms with Gasteiger partial charge in [0.25, 0.3) is 0 Å². The van der Waals surface area contributed by atoms with Gasteiger partial charge in [-0.15, -0.1) is 0 Å². The average molecular weight is 714 g/mol. The minimum Gasteiger partial charge on any atom is -0.465 e. The predicted molar refractivity (Wildman–Crippen MR) is 221 cm³/mol. The zero-order chi connectivity index (χ0) is 38.3. The number of ether oxygens (including phenoxy) is 2. The topological polar surface area (TPSA) is 76.4 Å². The van der Waals surface area contributed by atoms with Crippen LogP contribution in [0.3, 0.4) is 0 Å². The van der Waals surface area contributed by atoms with Gasteiger partial charge in [0.2, 0.25) is 0 Å². The number of hydrogen-bond acceptors (Lipinski definition) is 5. The number of nitrogens with zero attached hydrogens (tertiary/aromatic N) is 1. The summed E-state index contributed by atoms with van der Waals surface area (Å²) in [6, 6.07) is 11.8. The van der Waals surface area contributed by atoms with Crippen LogP contribution in [0.4, 0.5) is 0 Å². The largest absolute Gasteiger partial charge is 0.465 e. The second kappa shape index (κ2) is 49.7. The van der Waals surface area contributed by atoms with Crippen molar-refractivity contribution >= 4 is 12.1 Å². The highest BCUT2D eigenvalue weighted by Crippen LogP contribution is 2.12. The van der Waals surface area contributed by atoms with Crippen LogP contribution >= 0.6 is 0 Å². The molecule has 0 heterocycles. The Kier molecular flexibility index (Phi) is 51.5. The number of benzene rings is 1. The lowest BCUT2D eigenvalue weighted by molar-refractivity contribution is -0.112. The van der Waals surface area contributed by atoms with E-state index in [0.29, 0.717) is 6.61 Å². The van der Waals surface area contributed by atoms with Gasteiger partial charge in [0.1, 0.15) is 12.0 Å². The Morgan fingerprint density at radius 3 is 1.45 bits per heavy atom. The van der Waals surface area contributed by atoms with E-state index in [4.69, 9.17) is 14.7 Å². The molecule has 0 radical (unpaired) electrons. The van der Waals surface area contributed by atoms with Crippen LogP contribution in [0.2, 0.25) is 0 Å². The van der Waals surface area contributed by atoms with Crippen LogP contribution < -0.4 is 4.74 Å². The van der Waals surface area contributed by atoms with Gasteiger partial charge in [-0.25, -0.2) is 0 Å². The van der Waals surface area contributed by atoms with Gasteiger partial charge in [-0.2, -0.15) is 5.26 Å². The third kappa shape index (κ3) is 54.5. The van der Waals surface area contributed by atoms with Crippen LogP contribution in [0.1, 0.15) is 215 Å². The fourth-order valence-electron chi connectivity index (χ4n) is 5.30. The van der Waals surface area contributed by atoms with Crippen molar-refractivity contribution in [2.75, 3.05) is 6.61 Å². The van der Waals surface area contributed by atoms with E-state index in [9.17, 15) is 9.59 Å². The number of carbonyl (C=O) groups excluding carboxylic acids is 2. The molecule has 1 atom stereocenters. The Bertz CT molecular complexity index is 864. The molecule has 0 N–H and O–H groups in total. The molecule has 0 aliphatic heterocycles. The molecule has 0 bridgehead atoms. The van der Waals surface area contributed by atoms with E-state index in [0.717, 1.165) is 44.1 Å². The quantitative estimate of drug-likeness (QED) is 0.0331. The highest BCUT2D eigenvalue weighted by Gasteiger charge is 2.00. The number of carbonyl (C=O) groups is 2. The smallest absolute Gasteiger partial charge is 0.196 e. The van der Waals surface area contributed by atoms with E-state index in [2.05, 4.69) is 26.8 Å². The Balaban J connectivity index is -0.000000602. The molecule has 0 aliphatic rings. The highest BCUT2D eigenvalue weighted by molar-refractivity contribution is 5.87. The van der Waals surface area contributed by atoms with Crippen molar-refractivity contribution in [2.24, 2.45) is 0 Å². The number of unbranched alkanes of at least 4 members (excludes halogenated alkanes) is 24. The van der Waals surface area contributed by atoms with Gasteiger partial charge >= 0.3 is 0 Å². The van der Waals surface area contributed by atoms with Crippen molar-refractivity contribution in [2.45, 2.75) is 221 Å². The van der Waals surface area contributed by atoms with Crippen LogP contribution in [0.25, 0.3) is 0 Å². The fraction of sp³-hybridized carbons (Fsp3) is 0.761. The summed E-state index contributed by atoms with van der Waals surface area (Å²) < 4.78 is 10.7. The summed E-state index contributed by atoms with van der Waals surface area (Å²) >= 11 is 0. The van der Waals surface area contributed by atoms with Gasteiger partial charge in [0.05, 0.1) is 6.07 Å². The van der Waals surface area contributed by atoms with E-state index in [-0.39, 0.29) is 12.1 Å². The summed E-state index contributed by atoms with van der Waals surface area (Å²) in [6.07, 6.45) is 39.0. The second-order valence-corrected chi connectivity index (χ2v) is 13.5. The second-order valence-electron chi connectivity index (χ2n) is 13.5. The summed E-state index contributed by atoms with van der Waals surface area (Å²) in [5, 5.41) is 8.32. The van der Waals surface area contributed by atoms with Crippen molar-refractivity contribution < 1.29 is 19.1 Å². The Hall–Kier alpha value is -2.45. The number of nitriles is 1. The van der Waals surface area contributed by atoms with Crippen molar-refractivity contribution in [3.05, 3.63) is 42.5 Å². The van der Waals surface area contributed by atoms with Gasteiger partial charge in [0.15, 0.2) is 12.1 Å². The lowest BCUT2D eigenvalue weighted by Gasteiger charge is -2.13. The fourth-order valence-corrected chi connectivity index (χ4v) is 5.30. The Morgan fingerprint density at radius 1 is 0.647 bits per heavy atom. The summed E-state index contributed by atoms with van der Waals surface area (Å²) in [5.74, 6) is 1.00. The van der Waals surface area contributed by atoms with Crippen LogP contribution in [0, 0.1) is 11.3 Å². The molecule has 1 rings (SSSR count). The number of aldehydes is 1. The normalized spacial score (nSPS) is 10.8. The lowest BCUT2D eigenvalue weighted by Crippen LogP contribution is -2.15. The Labute approximate surface area is 317 Å². The number of rotatable bonds is 31. The summed E-state index contributed by atoms with van der Waals surface area (Å²) in [4.78, 5) is 20.5. The van der Waals surface area contributed by atoms with E-state index in [1.165, 1.54) is 141 Å². The molecular weight excluding hydrogens is 631 g/mol. The lowest BCUT2D eigenvalue weighted by atomic mass is 10.1. The molecule has 0 spiro atoms. The number of ketones is 1. The van der Waals surface area contributed by atoms with Gasteiger partial charge in [-0.05, 0) is 64.7 Å². The maximum absolute atomic E-state index is 10.5. The maximum Gasteiger partial charge on any atom is 0.196 e. The number of hydrogen-bond donors (Lipinski definition) is 0. The van der Waals surface area contributed by atoms with Gasteiger partial charge in [-0.1, -0.05) is 180 Å². The van der Waals surface area contributed by atoms with E-state index >= 15 is 0 Å². The zero-order valence-electron chi connectivity index (χ0n) is 34.6. The first-order valence-corrected chi connectivity index (χ1v) is 21.2. The molecular formula is C46H83NO4. The van der Waals surface area contributed by atoms with Gasteiger partial charge in [0, 0.05) is 19.4 Å². The van der Waals surface area contributed by atoms with Crippen LogP contribution in [0.5, 0.6) is 5.75 Å². The molecule has 296 valence electrons. The van der Waals surface area contributed by atoms with Gasteiger partial charge in [-0.3, -0.25) is 4.79 Å². The first kappa shape index (κ1) is 52.9. The molecule has 0 aliphatic carbocycles. The minimum atomic E-state index is -0.169. The predicted octanol–water partition coefficient (Wildman–Crippen LogP) is 14.9. The van der Waals surface area contributed by atoms with Gasteiger partial charge < -0.3 is 14.3 Å². The summed E-state index contributed by atoms with van der Waals surface area (Å²) in [5.41, 5.74) is 0. The summed E-state index contributed by atoms with van der Waals surface area (Å²) in [6.45, 7) is 12.8. The Morgan fingerprint density at radius 2 is 1.06 bits per heavy atom. The van der Waals surface area contributed by atoms with Crippen LogP contribution in [-0.4, -0.2) is 25.0 Å². The molecule has 5 heteroatoms. The molecule has 5 nitrogen and oxygen atoms in total.